The van der Waals surface area contributed by atoms with Gasteiger partial charge in [-0.3, -0.25) is 0 Å². The Bertz CT molecular complexity index is 263. The number of para-hydroxylation sites is 1. The number of ether oxygens (including phenoxy) is 2. The first-order valence-corrected chi connectivity index (χ1v) is 4.17. The van der Waals surface area contributed by atoms with Crippen molar-refractivity contribution in [1.82, 2.24) is 0 Å². The second-order valence-corrected chi connectivity index (χ2v) is 2.80. The van der Waals surface area contributed by atoms with Gasteiger partial charge >= 0.3 is 0 Å². The fraction of sp³-hybridized carbons (Fsp3) is 0.400. The Morgan fingerprint density at radius 2 is 2.00 bits per heavy atom. The Hall–Kier alpha value is -1.06. The van der Waals surface area contributed by atoms with E-state index >= 15 is 0 Å². The van der Waals surface area contributed by atoms with E-state index in [-0.39, 0.29) is 6.04 Å². The molecule has 3 nitrogen and oxygen atoms in total. The van der Waals surface area contributed by atoms with Crippen molar-refractivity contribution >= 4 is 0 Å². The minimum Gasteiger partial charge on any atom is -0.496 e. The van der Waals surface area contributed by atoms with Crippen LogP contribution >= 0.6 is 0 Å². The van der Waals surface area contributed by atoms with Crippen LogP contribution in [0.2, 0.25) is 0 Å². The largest absolute Gasteiger partial charge is 0.496 e. The smallest absolute Gasteiger partial charge is 0.123 e. The summed E-state index contributed by atoms with van der Waals surface area (Å²) in [5, 5.41) is 0. The van der Waals surface area contributed by atoms with Crippen molar-refractivity contribution < 1.29 is 9.47 Å². The molecule has 1 atom stereocenters. The van der Waals surface area contributed by atoms with Gasteiger partial charge in [0.25, 0.3) is 0 Å². The fourth-order valence-electron chi connectivity index (χ4n) is 1.24. The van der Waals surface area contributed by atoms with Gasteiger partial charge in [-0.15, -0.1) is 0 Å². The minimum atomic E-state index is -0.124. The van der Waals surface area contributed by atoms with Crippen molar-refractivity contribution in [3.8, 4) is 5.75 Å². The van der Waals surface area contributed by atoms with E-state index in [0.717, 1.165) is 11.3 Å². The zero-order valence-corrected chi connectivity index (χ0v) is 7.99. The van der Waals surface area contributed by atoms with Gasteiger partial charge in [0.15, 0.2) is 0 Å². The van der Waals surface area contributed by atoms with E-state index in [9.17, 15) is 0 Å². The van der Waals surface area contributed by atoms with E-state index in [1.807, 2.05) is 24.3 Å². The molecular formula is C10H15NO2. The number of hydrogen-bond acceptors (Lipinski definition) is 3. The summed E-state index contributed by atoms with van der Waals surface area (Å²) in [4.78, 5) is 0. The highest BCUT2D eigenvalue weighted by Crippen LogP contribution is 2.22. The molecule has 0 radical (unpaired) electrons. The Morgan fingerprint density at radius 3 is 2.62 bits per heavy atom. The molecule has 0 heterocycles. The van der Waals surface area contributed by atoms with Crippen LogP contribution in [0, 0.1) is 0 Å². The van der Waals surface area contributed by atoms with Crippen molar-refractivity contribution in [2.75, 3.05) is 20.8 Å². The molecule has 3 heteroatoms. The number of methoxy groups -OCH3 is 2. The lowest BCUT2D eigenvalue weighted by Gasteiger charge is -2.14. The maximum atomic E-state index is 5.88. The lowest BCUT2D eigenvalue weighted by atomic mass is 10.1. The molecule has 0 saturated heterocycles. The van der Waals surface area contributed by atoms with Crippen molar-refractivity contribution in [2.24, 2.45) is 5.73 Å². The van der Waals surface area contributed by atoms with Gasteiger partial charge in [0, 0.05) is 12.7 Å². The quantitative estimate of drug-likeness (QED) is 0.762. The molecule has 0 saturated carbocycles. The molecule has 1 rings (SSSR count). The van der Waals surface area contributed by atoms with Crippen LogP contribution in [0.4, 0.5) is 0 Å². The van der Waals surface area contributed by atoms with E-state index in [2.05, 4.69) is 0 Å². The second-order valence-electron chi connectivity index (χ2n) is 2.80. The number of benzene rings is 1. The molecule has 0 spiro atoms. The molecule has 0 amide bonds. The number of hydrogen-bond donors (Lipinski definition) is 1. The Morgan fingerprint density at radius 1 is 1.31 bits per heavy atom. The number of nitrogens with two attached hydrogens (primary N) is 1. The summed E-state index contributed by atoms with van der Waals surface area (Å²) in [5.41, 5.74) is 6.86. The van der Waals surface area contributed by atoms with Gasteiger partial charge in [0.05, 0.1) is 19.8 Å². The van der Waals surface area contributed by atoms with Gasteiger partial charge in [-0.2, -0.15) is 0 Å². The maximum Gasteiger partial charge on any atom is 0.123 e. The van der Waals surface area contributed by atoms with Crippen LogP contribution < -0.4 is 10.5 Å². The molecule has 72 valence electrons. The zero-order valence-electron chi connectivity index (χ0n) is 7.99. The summed E-state index contributed by atoms with van der Waals surface area (Å²) in [5.74, 6) is 0.812. The predicted octanol–water partition coefficient (Wildman–Crippen LogP) is 1.34. The molecule has 0 aliphatic heterocycles. The van der Waals surface area contributed by atoms with Crippen molar-refractivity contribution in [3.05, 3.63) is 29.8 Å². The normalized spacial score (nSPS) is 12.5. The van der Waals surface area contributed by atoms with E-state index in [1.54, 1.807) is 14.2 Å². The standard InChI is InChI=1S/C10H15NO2/c1-12-7-9(11)8-5-3-4-6-10(8)13-2/h3-6,9H,7,11H2,1-2H3. The minimum absolute atomic E-state index is 0.124. The van der Waals surface area contributed by atoms with E-state index < -0.39 is 0 Å². The second kappa shape index (κ2) is 4.84. The first-order chi connectivity index (χ1) is 6.29. The van der Waals surface area contributed by atoms with Gasteiger partial charge in [0.2, 0.25) is 0 Å². The van der Waals surface area contributed by atoms with Gasteiger partial charge < -0.3 is 15.2 Å². The molecule has 0 aromatic heterocycles. The van der Waals surface area contributed by atoms with Crippen LogP contribution in [0.15, 0.2) is 24.3 Å². The average Bonchev–Trinajstić information content (AvgIpc) is 2.18. The molecule has 1 aromatic carbocycles. The van der Waals surface area contributed by atoms with Gasteiger partial charge in [-0.25, -0.2) is 0 Å². The van der Waals surface area contributed by atoms with Crippen molar-refractivity contribution in [1.29, 1.82) is 0 Å². The molecule has 0 aliphatic rings. The first-order valence-electron chi connectivity index (χ1n) is 4.17. The summed E-state index contributed by atoms with van der Waals surface area (Å²) in [6.07, 6.45) is 0. The van der Waals surface area contributed by atoms with Crippen LogP contribution in [0.25, 0.3) is 0 Å². The molecule has 0 aliphatic carbocycles. The Labute approximate surface area is 78.5 Å². The third-order valence-electron chi connectivity index (χ3n) is 1.88. The summed E-state index contributed by atoms with van der Waals surface area (Å²) >= 11 is 0. The van der Waals surface area contributed by atoms with E-state index in [1.165, 1.54) is 0 Å². The lowest BCUT2D eigenvalue weighted by Crippen LogP contribution is -2.16. The van der Waals surface area contributed by atoms with Gasteiger partial charge in [-0.1, -0.05) is 18.2 Å². The lowest BCUT2D eigenvalue weighted by molar-refractivity contribution is 0.179. The molecular weight excluding hydrogens is 166 g/mol. The van der Waals surface area contributed by atoms with Crippen LogP contribution in [-0.2, 0) is 4.74 Å². The van der Waals surface area contributed by atoms with Crippen LogP contribution in [0.3, 0.4) is 0 Å². The average molecular weight is 181 g/mol. The molecule has 0 fully saturated rings. The highest BCUT2D eigenvalue weighted by Gasteiger charge is 2.09. The Balaban J connectivity index is 2.85. The summed E-state index contributed by atoms with van der Waals surface area (Å²) in [6, 6.07) is 7.57. The van der Waals surface area contributed by atoms with Crippen LogP contribution in [0.1, 0.15) is 11.6 Å². The van der Waals surface area contributed by atoms with Crippen LogP contribution in [-0.4, -0.2) is 20.8 Å². The zero-order chi connectivity index (χ0) is 9.68. The SMILES string of the molecule is COCC(N)c1ccccc1OC. The molecule has 13 heavy (non-hydrogen) atoms. The topological polar surface area (TPSA) is 44.5 Å². The monoisotopic (exact) mass is 181 g/mol. The highest BCUT2D eigenvalue weighted by atomic mass is 16.5. The predicted molar refractivity (Wildman–Crippen MR) is 51.8 cm³/mol. The van der Waals surface area contributed by atoms with Crippen molar-refractivity contribution in [2.45, 2.75) is 6.04 Å². The third-order valence-corrected chi connectivity index (χ3v) is 1.88. The third kappa shape index (κ3) is 2.44. The van der Waals surface area contributed by atoms with E-state index in [4.69, 9.17) is 15.2 Å². The summed E-state index contributed by atoms with van der Waals surface area (Å²) in [7, 11) is 3.27. The fourth-order valence-corrected chi connectivity index (χ4v) is 1.24. The maximum absolute atomic E-state index is 5.88. The molecule has 2 N–H and O–H groups in total. The van der Waals surface area contributed by atoms with Gasteiger partial charge in [-0.05, 0) is 6.07 Å². The molecule has 1 unspecified atom stereocenters. The van der Waals surface area contributed by atoms with Crippen LogP contribution in [0.5, 0.6) is 5.75 Å². The Kier molecular flexibility index (Phi) is 3.73. The van der Waals surface area contributed by atoms with Crippen molar-refractivity contribution in [3.63, 3.8) is 0 Å². The highest BCUT2D eigenvalue weighted by molar-refractivity contribution is 5.35. The summed E-state index contributed by atoms with van der Waals surface area (Å²) in [6.45, 7) is 0.500. The van der Waals surface area contributed by atoms with Gasteiger partial charge in [0.1, 0.15) is 5.75 Å². The number of rotatable bonds is 4. The molecule has 1 aromatic rings. The van der Waals surface area contributed by atoms with E-state index in [0.29, 0.717) is 6.61 Å². The summed E-state index contributed by atoms with van der Waals surface area (Å²) < 4.78 is 10.2. The first kappa shape index (κ1) is 10.0. The molecule has 0 bridgehead atoms.